The Morgan fingerprint density at radius 3 is 2.52 bits per heavy atom. The summed E-state index contributed by atoms with van der Waals surface area (Å²) in [6, 6.07) is 3.77. The van der Waals surface area contributed by atoms with Gasteiger partial charge in [0, 0.05) is 17.8 Å². The van der Waals surface area contributed by atoms with Gasteiger partial charge in [0.1, 0.15) is 6.54 Å². The molecule has 7 heteroatoms. The van der Waals surface area contributed by atoms with Crippen molar-refractivity contribution in [3.05, 3.63) is 35.0 Å². The molecule has 0 saturated carbocycles. The number of ether oxygens (including phenoxy) is 1. The van der Waals surface area contributed by atoms with Crippen molar-refractivity contribution < 1.29 is 19.1 Å². The highest BCUT2D eigenvalue weighted by Gasteiger charge is 2.26. The lowest BCUT2D eigenvalue weighted by molar-refractivity contribution is -0.142. The second-order valence-corrected chi connectivity index (χ2v) is 6.88. The number of aryl methyl sites for hydroxylation is 2. The lowest BCUT2D eigenvalue weighted by atomic mass is 10.1. The second-order valence-electron chi connectivity index (χ2n) is 6.88. The molecule has 0 saturated heterocycles. The van der Waals surface area contributed by atoms with Crippen LogP contribution in [0.5, 0.6) is 0 Å². The van der Waals surface area contributed by atoms with Gasteiger partial charge in [0.25, 0.3) is 5.91 Å². The first-order valence-electron chi connectivity index (χ1n) is 9.06. The molecule has 27 heavy (non-hydrogen) atoms. The van der Waals surface area contributed by atoms with Crippen LogP contribution < -0.4 is 15.5 Å². The van der Waals surface area contributed by atoms with Crippen LogP contribution in [-0.2, 0) is 19.1 Å². The molecule has 1 aromatic rings. The topological polar surface area (TPSA) is 87.7 Å². The summed E-state index contributed by atoms with van der Waals surface area (Å²) in [6.07, 6.45) is 1.31. The Morgan fingerprint density at radius 1 is 1.22 bits per heavy atom. The van der Waals surface area contributed by atoms with Gasteiger partial charge in [-0.1, -0.05) is 0 Å². The van der Waals surface area contributed by atoms with Gasteiger partial charge >= 0.3 is 5.97 Å². The molecule has 0 atom stereocenters. The maximum absolute atomic E-state index is 12.8. The number of rotatable bonds is 6. The highest BCUT2D eigenvalue weighted by Crippen LogP contribution is 2.33. The molecule has 146 valence electrons. The molecule has 0 bridgehead atoms. The predicted octanol–water partition coefficient (Wildman–Crippen LogP) is 2.42. The molecule has 1 heterocycles. The number of nitrogens with one attached hydrogen (secondary N) is 2. The third-order valence-electron chi connectivity index (χ3n) is 4.15. The van der Waals surface area contributed by atoms with Gasteiger partial charge in [-0.2, -0.15) is 0 Å². The van der Waals surface area contributed by atoms with Gasteiger partial charge in [-0.25, -0.2) is 0 Å². The van der Waals surface area contributed by atoms with Crippen molar-refractivity contribution in [1.82, 2.24) is 5.32 Å². The van der Waals surface area contributed by atoms with Crippen LogP contribution in [0.25, 0.3) is 0 Å². The summed E-state index contributed by atoms with van der Waals surface area (Å²) in [5, 5.41) is 5.96. The van der Waals surface area contributed by atoms with E-state index in [4.69, 9.17) is 4.74 Å². The van der Waals surface area contributed by atoms with Gasteiger partial charge in [0.15, 0.2) is 0 Å². The lowest BCUT2D eigenvalue weighted by Gasteiger charge is -2.23. The molecule has 7 nitrogen and oxygen atoms in total. The van der Waals surface area contributed by atoms with E-state index in [1.807, 2.05) is 39.8 Å². The number of esters is 1. The molecular weight excluding hydrogens is 346 g/mol. The average Bonchev–Trinajstić information content (AvgIpc) is 2.65. The molecule has 0 aromatic heterocycles. The van der Waals surface area contributed by atoms with Crippen molar-refractivity contribution in [1.29, 1.82) is 0 Å². The Balaban J connectivity index is 2.40. The van der Waals surface area contributed by atoms with Gasteiger partial charge in [-0.15, -0.1) is 0 Å². The van der Waals surface area contributed by atoms with E-state index in [-0.39, 0.29) is 37.4 Å². The fraction of sp³-hybridized carbons (Fsp3) is 0.450. The predicted molar refractivity (Wildman–Crippen MR) is 105 cm³/mol. The van der Waals surface area contributed by atoms with Gasteiger partial charge in [-0.3, -0.25) is 19.3 Å². The van der Waals surface area contributed by atoms with Crippen LogP contribution in [0, 0.1) is 13.8 Å². The summed E-state index contributed by atoms with van der Waals surface area (Å²) in [4.78, 5) is 38.4. The van der Waals surface area contributed by atoms with E-state index in [0.717, 1.165) is 11.1 Å². The second kappa shape index (κ2) is 8.70. The maximum atomic E-state index is 12.8. The number of carbonyl (C=O) groups is 3. The Morgan fingerprint density at radius 2 is 1.89 bits per heavy atom. The number of amides is 2. The maximum Gasteiger partial charge on any atom is 0.311 e. The normalized spacial score (nSPS) is 13.5. The number of hydrogen-bond acceptors (Lipinski definition) is 5. The van der Waals surface area contributed by atoms with Crippen molar-refractivity contribution in [2.24, 2.45) is 0 Å². The Bertz CT molecular complexity index is 784. The highest BCUT2D eigenvalue weighted by molar-refractivity contribution is 6.09. The quantitative estimate of drug-likeness (QED) is 0.748. The SMILES string of the molecule is CCOC(=O)CC1=CC(=O)N(CC(=O)NC(C)C)c2cc(C)c(C)cc2N1. The summed E-state index contributed by atoms with van der Waals surface area (Å²) in [5.41, 5.74) is 3.77. The molecule has 1 aromatic carbocycles. The van der Waals surface area contributed by atoms with Crippen molar-refractivity contribution in [3.8, 4) is 0 Å². The smallest absolute Gasteiger partial charge is 0.311 e. The largest absolute Gasteiger partial charge is 0.466 e. The zero-order chi connectivity index (χ0) is 20.1. The van der Waals surface area contributed by atoms with Crippen LogP contribution in [0.1, 0.15) is 38.3 Å². The van der Waals surface area contributed by atoms with Crippen molar-refractivity contribution >= 4 is 29.2 Å². The zero-order valence-corrected chi connectivity index (χ0v) is 16.5. The average molecular weight is 373 g/mol. The third kappa shape index (κ3) is 5.32. The summed E-state index contributed by atoms with van der Waals surface area (Å²) in [6.45, 7) is 9.55. The van der Waals surface area contributed by atoms with E-state index in [1.165, 1.54) is 11.0 Å². The lowest BCUT2D eigenvalue weighted by Crippen LogP contribution is -2.42. The van der Waals surface area contributed by atoms with Crippen LogP contribution in [0.2, 0.25) is 0 Å². The Labute approximate surface area is 159 Å². The summed E-state index contributed by atoms with van der Waals surface area (Å²) >= 11 is 0. The minimum atomic E-state index is -0.416. The molecule has 1 aliphatic rings. The molecule has 2 amide bonds. The molecule has 0 fully saturated rings. The van der Waals surface area contributed by atoms with Crippen LogP contribution in [0.15, 0.2) is 23.9 Å². The molecule has 0 aliphatic carbocycles. The number of fused-ring (bicyclic) bond motifs is 1. The molecule has 0 spiro atoms. The minimum Gasteiger partial charge on any atom is -0.466 e. The standard InChI is InChI=1S/C20H27N3O4/c1-6-27-20(26)10-15-9-19(25)23(11-18(24)21-12(2)3)17-8-14(5)13(4)7-16(17)22-15/h7-9,12,22H,6,10-11H2,1-5H3,(H,21,24). The number of hydrogen-bond donors (Lipinski definition) is 2. The van der Waals surface area contributed by atoms with Crippen LogP contribution in [0.4, 0.5) is 11.4 Å². The first-order valence-corrected chi connectivity index (χ1v) is 9.06. The number of benzene rings is 1. The van der Waals surface area contributed by atoms with E-state index in [1.54, 1.807) is 6.92 Å². The molecule has 1 aliphatic heterocycles. The Hall–Kier alpha value is -2.83. The Kier molecular flexibility index (Phi) is 6.60. The van der Waals surface area contributed by atoms with E-state index in [0.29, 0.717) is 17.1 Å². The van der Waals surface area contributed by atoms with Gasteiger partial charge < -0.3 is 15.4 Å². The molecular formula is C20H27N3O4. The fourth-order valence-electron chi connectivity index (χ4n) is 2.82. The van der Waals surface area contributed by atoms with Gasteiger partial charge in [0.05, 0.1) is 24.4 Å². The van der Waals surface area contributed by atoms with Crippen LogP contribution in [-0.4, -0.2) is 37.0 Å². The van der Waals surface area contributed by atoms with Crippen LogP contribution >= 0.6 is 0 Å². The van der Waals surface area contributed by atoms with Crippen molar-refractivity contribution in [2.75, 3.05) is 23.4 Å². The molecule has 2 N–H and O–H groups in total. The summed E-state index contributed by atoms with van der Waals surface area (Å²) < 4.78 is 4.98. The number of anilines is 2. The monoisotopic (exact) mass is 373 g/mol. The van der Waals surface area contributed by atoms with E-state index in [9.17, 15) is 14.4 Å². The molecule has 0 radical (unpaired) electrons. The molecule has 0 unspecified atom stereocenters. The van der Waals surface area contributed by atoms with Gasteiger partial charge in [0.2, 0.25) is 5.91 Å². The fourth-order valence-corrected chi connectivity index (χ4v) is 2.82. The minimum absolute atomic E-state index is 0.0214. The molecule has 2 rings (SSSR count). The summed E-state index contributed by atoms with van der Waals surface area (Å²) in [7, 11) is 0. The van der Waals surface area contributed by atoms with E-state index >= 15 is 0 Å². The number of carbonyl (C=O) groups excluding carboxylic acids is 3. The highest BCUT2D eigenvalue weighted by atomic mass is 16.5. The zero-order valence-electron chi connectivity index (χ0n) is 16.5. The summed E-state index contributed by atoms with van der Waals surface area (Å²) in [5.74, 6) is -1.02. The van der Waals surface area contributed by atoms with Crippen molar-refractivity contribution in [3.63, 3.8) is 0 Å². The van der Waals surface area contributed by atoms with Crippen LogP contribution in [0.3, 0.4) is 0 Å². The first-order chi connectivity index (χ1) is 12.7. The third-order valence-corrected chi connectivity index (χ3v) is 4.15. The number of nitrogens with zero attached hydrogens (tertiary/aromatic N) is 1. The first kappa shape index (κ1) is 20.5. The van der Waals surface area contributed by atoms with E-state index in [2.05, 4.69) is 10.6 Å². The van der Waals surface area contributed by atoms with Gasteiger partial charge in [-0.05, 0) is 57.9 Å². The van der Waals surface area contributed by atoms with Crippen molar-refractivity contribution in [2.45, 2.75) is 47.1 Å². The van der Waals surface area contributed by atoms with E-state index < -0.39 is 5.97 Å².